The smallest absolute Gasteiger partial charge is 0.323 e. The molecule has 0 saturated heterocycles. The Kier molecular flexibility index (Phi) is 6.04. The zero-order valence-corrected chi connectivity index (χ0v) is 10.2. The Labute approximate surface area is 102 Å². The Morgan fingerprint density at radius 3 is 2.76 bits per heavy atom. The summed E-state index contributed by atoms with van der Waals surface area (Å²) < 4.78 is 5.04. The van der Waals surface area contributed by atoms with Crippen LogP contribution in [-0.4, -0.2) is 25.2 Å². The predicted octanol–water partition coefficient (Wildman–Crippen LogP) is 1.94. The largest absolute Gasteiger partial charge is 0.465 e. The summed E-state index contributed by atoms with van der Waals surface area (Å²) in [6, 6.07) is 9.58. The van der Waals surface area contributed by atoms with E-state index in [1.165, 1.54) is 0 Å². The third-order valence-electron chi connectivity index (χ3n) is 2.36. The third-order valence-corrected chi connectivity index (χ3v) is 2.36. The molecule has 1 unspecified atom stereocenters. The first-order valence-corrected chi connectivity index (χ1v) is 5.82. The maximum Gasteiger partial charge on any atom is 0.323 e. The van der Waals surface area contributed by atoms with Gasteiger partial charge in [-0.05, 0) is 18.9 Å². The topological polar surface area (TPSA) is 38.3 Å². The Balaban J connectivity index is 2.62. The zero-order valence-electron chi connectivity index (χ0n) is 10.2. The van der Waals surface area contributed by atoms with Gasteiger partial charge in [-0.25, -0.2) is 0 Å². The third kappa shape index (κ3) is 4.83. The van der Waals surface area contributed by atoms with E-state index in [1.54, 1.807) is 6.08 Å². The van der Waals surface area contributed by atoms with Crippen molar-refractivity contribution in [3.8, 4) is 0 Å². The lowest BCUT2D eigenvalue weighted by Crippen LogP contribution is -2.39. The summed E-state index contributed by atoms with van der Waals surface area (Å²) in [6.45, 7) is 6.44. The molecule has 0 spiro atoms. The lowest BCUT2D eigenvalue weighted by molar-refractivity contribution is -0.145. The van der Waals surface area contributed by atoms with Gasteiger partial charge in [-0.3, -0.25) is 4.79 Å². The molecule has 0 saturated carbocycles. The second-order valence-electron chi connectivity index (χ2n) is 3.69. The van der Waals surface area contributed by atoms with Crippen LogP contribution in [-0.2, 0) is 16.0 Å². The van der Waals surface area contributed by atoms with Gasteiger partial charge in [0.25, 0.3) is 0 Å². The van der Waals surface area contributed by atoms with Gasteiger partial charge in [0.1, 0.15) is 6.04 Å². The monoisotopic (exact) mass is 233 g/mol. The van der Waals surface area contributed by atoms with Crippen LogP contribution in [0.1, 0.15) is 12.5 Å². The van der Waals surface area contributed by atoms with E-state index in [1.807, 2.05) is 37.3 Å². The molecule has 0 fully saturated rings. The first-order valence-electron chi connectivity index (χ1n) is 5.82. The van der Waals surface area contributed by atoms with Crippen LogP contribution in [0.5, 0.6) is 0 Å². The van der Waals surface area contributed by atoms with Crippen LogP contribution in [0.4, 0.5) is 0 Å². The van der Waals surface area contributed by atoms with Crippen LogP contribution in [0.15, 0.2) is 43.0 Å². The molecule has 0 aliphatic heterocycles. The number of ether oxygens (including phenoxy) is 1. The predicted molar refractivity (Wildman–Crippen MR) is 68.8 cm³/mol. The molecule has 0 amide bonds. The van der Waals surface area contributed by atoms with Gasteiger partial charge in [0.05, 0.1) is 6.61 Å². The fourth-order valence-electron chi connectivity index (χ4n) is 1.56. The molecule has 0 radical (unpaired) electrons. The standard InChI is InChI=1S/C14H19NO2/c1-3-10-15-13(14(16)17-4-2)11-12-8-6-5-7-9-12/h3,5-9,13,15H,1,4,10-11H2,2H3. The molecule has 92 valence electrons. The van der Waals surface area contributed by atoms with Crippen LogP contribution in [0.25, 0.3) is 0 Å². The minimum Gasteiger partial charge on any atom is -0.465 e. The van der Waals surface area contributed by atoms with E-state index in [4.69, 9.17) is 4.74 Å². The number of benzene rings is 1. The minimum absolute atomic E-state index is 0.210. The van der Waals surface area contributed by atoms with E-state index < -0.39 is 0 Å². The summed E-state index contributed by atoms with van der Waals surface area (Å²) in [6.07, 6.45) is 2.37. The molecule has 0 aromatic heterocycles. The van der Waals surface area contributed by atoms with E-state index >= 15 is 0 Å². The molecule has 0 aliphatic carbocycles. The van der Waals surface area contributed by atoms with Crippen LogP contribution in [0.2, 0.25) is 0 Å². The molecule has 1 rings (SSSR count). The average Bonchev–Trinajstić information content (AvgIpc) is 2.36. The number of rotatable bonds is 7. The highest BCUT2D eigenvalue weighted by molar-refractivity contribution is 5.76. The van der Waals surface area contributed by atoms with Gasteiger partial charge in [0.15, 0.2) is 0 Å². The number of hydrogen-bond donors (Lipinski definition) is 1. The quantitative estimate of drug-likeness (QED) is 0.578. The molecule has 17 heavy (non-hydrogen) atoms. The van der Waals surface area contributed by atoms with Crippen LogP contribution >= 0.6 is 0 Å². The fraction of sp³-hybridized carbons (Fsp3) is 0.357. The number of hydrogen-bond acceptors (Lipinski definition) is 3. The maximum absolute atomic E-state index is 11.7. The maximum atomic E-state index is 11.7. The molecule has 0 bridgehead atoms. The highest BCUT2D eigenvalue weighted by Crippen LogP contribution is 2.04. The van der Waals surface area contributed by atoms with Crippen molar-refractivity contribution in [2.24, 2.45) is 0 Å². The minimum atomic E-state index is -0.310. The molecule has 3 heteroatoms. The van der Waals surface area contributed by atoms with Gasteiger partial charge < -0.3 is 10.1 Å². The second-order valence-corrected chi connectivity index (χ2v) is 3.69. The van der Waals surface area contributed by atoms with Gasteiger partial charge in [0.2, 0.25) is 0 Å². The van der Waals surface area contributed by atoms with Gasteiger partial charge >= 0.3 is 5.97 Å². The molecule has 1 N–H and O–H groups in total. The number of esters is 1. The molecule has 1 aromatic carbocycles. The van der Waals surface area contributed by atoms with Crippen LogP contribution in [0, 0.1) is 0 Å². The van der Waals surface area contributed by atoms with E-state index in [0.717, 1.165) is 5.56 Å². The Hall–Kier alpha value is -1.61. The summed E-state index contributed by atoms with van der Waals surface area (Å²) in [5.41, 5.74) is 1.11. The van der Waals surface area contributed by atoms with Gasteiger partial charge in [-0.2, -0.15) is 0 Å². The van der Waals surface area contributed by atoms with Crippen molar-refractivity contribution in [1.82, 2.24) is 5.32 Å². The molecule has 1 aromatic rings. The van der Waals surface area contributed by atoms with Gasteiger partial charge in [-0.15, -0.1) is 6.58 Å². The number of nitrogens with one attached hydrogen (secondary N) is 1. The first kappa shape index (κ1) is 13.5. The first-order chi connectivity index (χ1) is 8.27. The molecule has 3 nitrogen and oxygen atoms in total. The lowest BCUT2D eigenvalue weighted by atomic mass is 10.1. The fourth-order valence-corrected chi connectivity index (χ4v) is 1.56. The summed E-state index contributed by atoms with van der Waals surface area (Å²) >= 11 is 0. The summed E-state index contributed by atoms with van der Waals surface area (Å²) in [7, 11) is 0. The highest BCUT2D eigenvalue weighted by Gasteiger charge is 2.18. The summed E-state index contributed by atoms with van der Waals surface area (Å²) in [5.74, 6) is -0.210. The molecule has 1 atom stereocenters. The van der Waals surface area contributed by atoms with E-state index in [0.29, 0.717) is 19.6 Å². The van der Waals surface area contributed by atoms with E-state index in [2.05, 4.69) is 11.9 Å². The van der Waals surface area contributed by atoms with Crippen molar-refractivity contribution in [2.45, 2.75) is 19.4 Å². The Morgan fingerprint density at radius 2 is 2.18 bits per heavy atom. The van der Waals surface area contributed by atoms with Crippen LogP contribution in [0.3, 0.4) is 0 Å². The molecular formula is C14H19NO2. The van der Waals surface area contributed by atoms with Crippen molar-refractivity contribution in [3.05, 3.63) is 48.6 Å². The Bertz CT molecular complexity index is 348. The molecule has 0 heterocycles. The van der Waals surface area contributed by atoms with Crippen molar-refractivity contribution < 1.29 is 9.53 Å². The van der Waals surface area contributed by atoms with Gasteiger partial charge in [0, 0.05) is 6.54 Å². The summed E-state index contributed by atoms with van der Waals surface area (Å²) in [5, 5.41) is 3.11. The van der Waals surface area contributed by atoms with Crippen LogP contribution < -0.4 is 5.32 Å². The second kappa shape index (κ2) is 7.63. The van der Waals surface area contributed by atoms with Gasteiger partial charge in [-0.1, -0.05) is 36.4 Å². The Morgan fingerprint density at radius 1 is 1.47 bits per heavy atom. The van der Waals surface area contributed by atoms with Crippen molar-refractivity contribution in [1.29, 1.82) is 0 Å². The zero-order chi connectivity index (χ0) is 12.5. The van der Waals surface area contributed by atoms with Crippen molar-refractivity contribution in [2.75, 3.05) is 13.2 Å². The van der Waals surface area contributed by atoms with E-state index in [9.17, 15) is 4.79 Å². The normalized spacial score (nSPS) is 11.8. The SMILES string of the molecule is C=CCNC(Cc1ccccc1)C(=O)OCC. The summed E-state index contributed by atoms with van der Waals surface area (Å²) in [4.78, 5) is 11.7. The lowest BCUT2D eigenvalue weighted by Gasteiger charge is -2.16. The van der Waals surface area contributed by atoms with E-state index in [-0.39, 0.29) is 12.0 Å². The highest BCUT2D eigenvalue weighted by atomic mass is 16.5. The average molecular weight is 233 g/mol. The number of carbonyl (C=O) groups is 1. The molecule has 0 aliphatic rings. The molecular weight excluding hydrogens is 214 g/mol. The number of carbonyl (C=O) groups excluding carboxylic acids is 1. The van der Waals surface area contributed by atoms with Crippen molar-refractivity contribution >= 4 is 5.97 Å². The van der Waals surface area contributed by atoms with Crippen molar-refractivity contribution in [3.63, 3.8) is 0 Å².